The van der Waals surface area contributed by atoms with Crippen LogP contribution in [0.2, 0.25) is 0 Å². The third kappa shape index (κ3) is 10.6. The average molecular weight is 1190 g/mol. The van der Waals surface area contributed by atoms with E-state index in [2.05, 4.69) is 352 Å². The third-order valence-corrected chi connectivity index (χ3v) is 19.4. The van der Waals surface area contributed by atoms with Gasteiger partial charge in [-0.05, 0) is 161 Å². The minimum absolute atomic E-state index is 0.0740. The molecule has 0 amide bonds. The molecule has 0 saturated heterocycles. The van der Waals surface area contributed by atoms with Crippen molar-refractivity contribution in [3.05, 3.63) is 302 Å². The quantitative estimate of drug-likeness (QED) is 0.0629. The maximum Gasteiger partial charge on any atom is 0.0620 e. The van der Waals surface area contributed by atoms with Crippen LogP contribution in [0.1, 0.15) is 84.8 Å². The SMILES string of the molecule is CCCCC(C)(C)c1ccc2c(N(c3ccc(-c4ccccc4)cc3)c3cccc(-n4c5ccccc5c5ccccc54)c3)c3cc(CC(C)(C)CCC)ccc3c(N(c3ccc(-c4ccccc4)cc3)c3cccc(-n4c5ccccc5c5ccccc54)c3)c2c1. The van der Waals surface area contributed by atoms with Crippen molar-refractivity contribution in [2.75, 3.05) is 9.80 Å². The van der Waals surface area contributed by atoms with Crippen molar-refractivity contribution in [3.63, 3.8) is 0 Å². The first-order chi connectivity index (χ1) is 45.0. The first-order valence-electron chi connectivity index (χ1n) is 33.2. The topological polar surface area (TPSA) is 16.3 Å². The molecule has 15 rings (SSSR count). The van der Waals surface area contributed by atoms with Gasteiger partial charge in [0.1, 0.15) is 0 Å². The summed E-state index contributed by atoms with van der Waals surface area (Å²) in [5, 5.41) is 9.69. The molecule has 0 atom stereocenters. The van der Waals surface area contributed by atoms with E-state index < -0.39 is 0 Å². The zero-order valence-corrected chi connectivity index (χ0v) is 53.7. The van der Waals surface area contributed by atoms with Crippen LogP contribution < -0.4 is 9.80 Å². The van der Waals surface area contributed by atoms with Gasteiger partial charge in [0.15, 0.2) is 0 Å². The number of aromatic nitrogens is 2. The van der Waals surface area contributed by atoms with Crippen molar-refractivity contribution in [3.8, 4) is 33.6 Å². The lowest BCUT2D eigenvalue weighted by atomic mass is 9.78. The van der Waals surface area contributed by atoms with E-state index >= 15 is 0 Å². The summed E-state index contributed by atoms with van der Waals surface area (Å²) in [5.41, 5.74) is 20.9. The maximum atomic E-state index is 2.59. The summed E-state index contributed by atoms with van der Waals surface area (Å²) in [5.74, 6) is 0. The van der Waals surface area contributed by atoms with Crippen molar-refractivity contribution >= 4 is 99.3 Å². The molecule has 0 saturated carbocycles. The molecule has 13 aromatic carbocycles. The molecule has 0 spiro atoms. The molecule has 0 radical (unpaired) electrons. The predicted octanol–water partition coefficient (Wildman–Crippen LogP) is 25.3. The molecule has 4 nitrogen and oxygen atoms in total. The monoisotopic (exact) mass is 1190 g/mol. The molecule has 2 aromatic heterocycles. The van der Waals surface area contributed by atoms with E-state index in [1.807, 2.05) is 0 Å². The van der Waals surface area contributed by atoms with Gasteiger partial charge in [-0.25, -0.2) is 0 Å². The van der Waals surface area contributed by atoms with E-state index in [0.717, 1.165) is 84.0 Å². The van der Waals surface area contributed by atoms with Crippen LogP contribution in [0.4, 0.5) is 34.1 Å². The molecule has 15 aromatic rings. The molecule has 4 heteroatoms. The lowest BCUT2D eigenvalue weighted by molar-refractivity contribution is 0.329. The Labute approximate surface area is 541 Å². The van der Waals surface area contributed by atoms with Crippen LogP contribution >= 0.6 is 0 Å². The highest BCUT2D eigenvalue weighted by Gasteiger charge is 2.30. The van der Waals surface area contributed by atoms with Crippen LogP contribution in [0, 0.1) is 5.41 Å². The fourth-order valence-corrected chi connectivity index (χ4v) is 14.9. The molecule has 0 fully saturated rings. The number of unbranched alkanes of at least 4 members (excludes halogenated alkanes) is 1. The van der Waals surface area contributed by atoms with Gasteiger partial charge in [0.2, 0.25) is 0 Å². The Bertz CT molecular complexity index is 5080. The molecule has 0 aliphatic rings. The number of fused-ring (bicyclic) bond motifs is 8. The van der Waals surface area contributed by atoms with E-state index in [1.165, 1.54) is 98.5 Å². The molecular formula is C88H78N4. The van der Waals surface area contributed by atoms with E-state index in [4.69, 9.17) is 0 Å². The molecule has 0 aliphatic heterocycles. The van der Waals surface area contributed by atoms with Crippen molar-refractivity contribution in [2.45, 2.75) is 85.5 Å². The van der Waals surface area contributed by atoms with Crippen LogP contribution in [0.25, 0.3) is 98.8 Å². The van der Waals surface area contributed by atoms with Gasteiger partial charge >= 0.3 is 0 Å². The highest BCUT2D eigenvalue weighted by atomic mass is 15.2. The normalized spacial score (nSPS) is 12.1. The van der Waals surface area contributed by atoms with Crippen LogP contribution in [-0.2, 0) is 11.8 Å². The van der Waals surface area contributed by atoms with Gasteiger partial charge in [0.25, 0.3) is 0 Å². The van der Waals surface area contributed by atoms with Gasteiger partial charge in [0, 0.05) is 77.2 Å². The molecule has 0 N–H and O–H groups in total. The summed E-state index contributed by atoms with van der Waals surface area (Å²) >= 11 is 0. The van der Waals surface area contributed by atoms with E-state index in [9.17, 15) is 0 Å². The summed E-state index contributed by atoms with van der Waals surface area (Å²) < 4.78 is 4.91. The Morgan fingerprint density at radius 3 is 1.14 bits per heavy atom. The number of hydrogen-bond donors (Lipinski definition) is 0. The fraction of sp³-hybridized carbons (Fsp3) is 0.159. The van der Waals surface area contributed by atoms with Gasteiger partial charge in [-0.2, -0.15) is 0 Å². The van der Waals surface area contributed by atoms with Crippen LogP contribution in [0.3, 0.4) is 0 Å². The summed E-state index contributed by atoms with van der Waals surface area (Å²) in [6.07, 6.45) is 6.54. The Kier molecular flexibility index (Phi) is 15.2. The van der Waals surface area contributed by atoms with Crippen LogP contribution in [-0.4, -0.2) is 9.13 Å². The second-order valence-corrected chi connectivity index (χ2v) is 26.7. The molecule has 450 valence electrons. The zero-order chi connectivity index (χ0) is 62.5. The van der Waals surface area contributed by atoms with Gasteiger partial charge in [-0.1, -0.05) is 255 Å². The molecule has 2 heterocycles. The number of hydrogen-bond acceptors (Lipinski definition) is 2. The van der Waals surface area contributed by atoms with Gasteiger partial charge in [-0.3, -0.25) is 0 Å². The molecule has 0 bridgehead atoms. The molecule has 92 heavy (non-hydrogen) atoms. The predicted molar refractivity (Wildman–Crippen MR) is 395 cm³/mol. The van der Waals surface area contributed by atoms with Crippen molar-refractivity contribution in [1.29, 1.82) is 0 Å². The van der Waals surface area contributed by atoms with Gasteiger partial charge in [0.05, 0.1) is 33.4 Å². The third-order valence-electron chi connectivity index (χ3n) is 19.4. The fourth-order valence-electron chi connectivity index (χ4n) is 14.9. The zero-order valence-electron chi connectivity index (χ0n) is 53.7. The largest absolute Gasteiger partial charge is 0.309 e. The lowest BCUT2D eigenvalue weighted by Crippen LogP contribution is -2.18. The first kappa shape index (κ1) is 58.0. The first-order valence-corrected chi connectivity index (χ1v) is 33.2. The second kappa shape index (κ2) is 24.1. The Hall–Kier alpha value is -10.4. The molecule has 0 unspecified atom stereocenters. The highest BCUT2D eigenvalue weighted by molar-refractivity contribution is 6.24. The second-order valence-electron chi connectivity index (χ2n) is 26.7. The van der Waals surface area contributed by atoms with Crippen molar-refractivity contribution < 1.29 is 0 Å². The summed E-state index contributed by atoms with van der Waals surface area (Å²) in [7, 11) is 0. The molecular weight excluding hydrogens is 1110 g/mol. The van der Waals surface area contributed by atoms with Gasteiger partial charge in [-0.15, -0.1) is 0 Å². The minimum atomic E-state index is -0.118. The minimum Gasteiger partial charge on any atom is -0.309 e. The smallest absolute Gasteiger partial charge is 0.0620 e. The Morgan fingerprint density at radius 2 is 0.707 bits per heavy atom. The Balaban J connectivity index is 1.06. The van der Waals surface area contributed by atoms with Crippen LogP contribution in [0.5, 0.6) is 0 Å². The number of nitrogens with zero attached hydrogens (tertiary/aromatic N) is 4. The number of benzene rings is 13. The maximum absolute atomic E-state index is 2.59. The van der Waals surface area contributed by atoms with E-state index in [-0.39, 0.29) is 10.8 Å². The summed E-state index contributed by atoms with van der Waals surface area (Å²) in [4.78, 5) is 5.18. The summed E-state index contributed by atoms with van der Waals surface area (Å²) in [6, 6.07) is 109. The van der Waals surface area contributed by atoms with Gasteiger partial charge < -0.3 is 18.9 Å². The van der Waals surface area contributed by atoms with Crippen molar-refractivity contribution in [2.24, 2.45) is 5.41 Å². The molecule has 0 aliphatic carbocycles. The van der Waals surface area contributed by atoms with E-state index in [1.54, 1.807) is 0 Å². The lowest BCUT2D eigenvalue weighted by Gasteiger charge is -2.34. The Morgan fingerprint density at radius 1 is 0.304 bits per heavy atom. The highest BCUT2D eigenvalue weighted by Crippen LogP contribution is 2.54. The average Bonchev–Trinajstić information content (AvgIpc) is 0.892. The van der Waals surface area contributed by atoms with E-state index in [0.29, 0.717) is 0 Å². The number of para-hydroxylation sites is 4. The van der Waals surface area contributed by atoms with Crippen molar-refractivity contribution in [1.82, 2.24) is 9.13 Å². The summed E-state index contributed by atoms with van der Waals surface area (Å²) in [6.45, 7) is 14.4. The number of anilines is 6. The number of rotatable bonds is 18. The van der Waals surface area contributed by atoms with Crippen LogP contribution in [0.15, 0.2) is 291 Å². The standard InChI is InChI=1S/C88H78N4/c1-7-9-55-88(5,6)66-47-53-78-80(57-66)86(90(68-50-45-65(46-51-68)63-28-14-11-15-29-63)70-31-25-33-72(59-70)92-83-40-22-18-36-75(83)76-37-19-23-41-84(76)92)77-52-42-61(60-87(3,4)54-8-2)56-79(77)85(78)89(67-48-43-64(44-49-67)62-26-12-10-13-27-62)69-30-24-32-71(58-69)91-81-38-20-16-34-73(81)74-35-17-21-39-82(74)91/h10-53,56-59H,7-9,54-55,60H2,1-6H3.